The van der Waals surface area contributed by atoms with Crippen LogP contribution in [0.5, 0.6) is 0 Å². The third kappa shape index (κ3) is 2.68. The molecule has 5 nitrogen and oxygen atoms in total. The summed E-state index contributed by atoms with van der Waals surface area (Å²) in [4.78, 5) is 21.4. The molecule has 0 aliphatic rings. The van der Waals surface area contributed by atoms with Gasteiger partial charge in [0.1, 0.15) is 16.6 Å². The summed E-state index contributed by atoms with van der Waals surface area (Å²) in [6.07, 6.45) is 4.38. The molecular weight excluding hydrogens is 254 g/mol. The van der Waals surface area contributed by atoms with Gasteiger partial charge in [-0.2, -0.15) is 0 Å². The fourth-order valence-corrected chi connectivity index (χ4v) is 1.69. The van der Waals surface area contributed by atoms with E-state index in [2.05, 4.69) is 9.97 Å². The number of hydrogen-bond acceptors (Lipinski definition) is 4. The number of hydrogen-bond donors (Lipinski definition) is 0. The predicted octanol–water partition coefficient (Wildman–Crippen LogP) is 2.30. The molecule has 0 bridgehead atoms. The van der Waals surface area contributed by atoms with E-state index in [-0.39, 0.29) is 16.8 Å². The average molecular weight is 266 g/mol. The first-order valence-corrected chi connectivity index (χ1v) is 5.71. The average Bonchev–Trinajstić information content (AvgIpc) is 2.74. The summed E-state index contributed by atoms with van der Waals surface area (Å²) in [5.41, 5.74) is 1.19. The van der Waals surface area contributed by atoms with Crippen molar-refractivity contribution < 1.29 is 9.21 Å². The fraction of sp³-hybridized carbons (Fsp3) is 0.250. The normalized spacial score (nSPS) is 10.4. The van der Waals surface area contributed by atoms with Crippen molar-refractivity contribution in [3.05, 3.63) is 46.9 Å². The fourth-order valence-electron chi connectivity index (χ4n) is 1.54. The largest absolute Gasteiger partial charge is 0.469 e. The van der Waals surface area contributed by atoms with Crippen LogP contribution < -0.4 is 0 Å². The molecule has 1 amide bonds. The van der Waals surface area contributed by atoms with Gasteiger partial charge >= 0.3 is 0 Å². The van der Waals surface area contributed by atoms with E-state index in [0.717, 1.165) is 11.3 Å². The summed E-state index contributed by atoms with van der Waals surface area (Å²) in [5.74, 6) is 0.567. The molecule has 18 heavy (non-hydrogen) atoms. The minimum Gasteiger partial charge on any atom is -0.469 e. The van der Waals surface area contributed by atoms with Crippen molar-refractivity contribution in [3.63, 3.8) is 0 Å². The summed E-state index contributed by atoms with van der Waals surface area (Å²) >= 11 is 5.70. The van der Waals surface area contributed by atoms with Crippen LogP contribution in [0.2, 0.25) is 5.15 Å². The molecule has 2 aromatic heterocycles. The maximum atomic E-state index is 12.1. The van der Waals surface area contributed by atoms with E-state index in [4.69, 9.17) is 16.0 Å². The highest BCUT2D eigenvalue weighted by Gasteiger charge is 2.15. The van der Waals surface area contributed by atoms with Crippen LogP contribution in [-0.2, 0) is 6.54 Å². The Balaban J connectivity index is 2.12. The van der Waals surface area contributed by atoms with E-state index >= 15 is 0 Å². The van der Waals surface area contributed by atoms with Crippen LogP contribution in [0.4, 0.5) is 0 Å². The Morgan fingerprint density at radius 3 is 2.89 bits per heavy atom. The first-order valence-electron chi connectivity index (χ1n) is 5.34. The number of aromatic nitrogens is 2. The summed E-state index contributed by atoms with van der Waals surface area (Å²) in [7, 11) is 1.69. The number of aryl methyl sites for hydroxylation is 1. The molecule has 2 aromatic rings. The van der Waals surface area contributed by atoms with Crippen molar-refractivity contribution in [2.24, 2.45) is 0 Å². The molecule has 0 aliphatic carbocycles. The molecule has 0 aliphatic heterocycles. The molecule has 0 N–H and O–H groups in total. The third-order valence-electron chi connectivity index (χ3n) is 2.54. The van der Waals surface area contributed by atoms with Crippen LogP contribution in [0.15, 0.2) is 29.1 Å². The van der Waals surface area contributed by atoms with Crippen LogP contribution in [0.1, 0.15) is 21.8 Å². The lowest BCUT2D eigenvalue weighted by atomic mass is 10.2. The van der Waals surface area contributed by atoms with E-state index in [0.29, 0.717) is 6.54 Å². The molecule has 0 unspecified atom stereocenters. The minimum absolute atomic E-state index is 0.203. The quantitative estimate of drug-likeness (QED) is 0.854. The lowest BCUT2D eigenvalue weighted by molar-refractivity contribution is 0.0778. The lowest BCUT2D eigenvalue weighted by Crippen LogP contribution is -2.27. The Hall–Kier alpha value is -1.88. The summed E-state index contributed by atoms with van der Waals surface area (Å²) in [6, 6.07) is 1.84. The Morgan fingerprint density at radius 1 is 1.50 bits per heavy atom. The second-order valence-electron chi connectivity index (χ2n) is 3.89. The standard InChI is InChI=1S/C12H12ClN3O2/c1-8-9(3-4-18-8)7-16(2)12(17)10-5-14-6-11(13)15-10/h3-6H,7H2,1-2H3. The molecule has 0 radical (unpaired) electrons. The lowest BCUT2D eigenvalue weighted by Gasteiger charge is -2.15. The summed E-state index contributed by atoms with van der Waals surface area (Å²) < 4.78 is 5.18. The zero-order chi connectivity index (χ0) is 13.1. The first-order chi connectivity index (χ1) is 8.58. The zero-order valence-electron chi connectivity index (χ0n) is 10.1. The minimum atomic E-state index is -0.231. The zero-order valence-corrected chi connectivity index (χ0v) is 10.8. The van der Waals surface area contributed by atoms with Gasteiger partial charge in [0.15, 0.2) is 0 Å². The molecule has 0 aromatic carbocycles. The van der Waals surface area contributed by atoms with E-state index < -0.39 is 0 Å². The van der Waals surface area contributed by atoms with Crippen molar-refractivity contribution in [2.75, 3.05) is 7.05 Å². The van der Waals surface area contributed by atoms with Crippen molar-refractivity contribution in [2.45, 2.75) is 13.5 Å². The highest BCUT2D eigenvalue weighted by Crippen LogP contribution is 2.13. The number of amides is 1. The van der Waals surface area contributed by atoms with Gasteiger partial charge < -0.3 is 9.32 Å². The Kier molecular flexibility index (Phi) is 3.62. The molecule has 94 valence electrons. The van der Waals surface area contributed by atoms with Crippen molar-refractivity contribution >= 4 is 17.5 Å². The maximum absolute atomic E-state index is 12.1. The van der Waals surface area contributed by atoms with Crippen LogP contribution in [-0.4, -0.2) is 27.8 Å². The molecule has 6 heteroatoms. The molecule has 2 rings (SSSR count). The van der Waals surface area contributed by atoms with Crippen molar-refractivity contribution in [3.8, 4) is 0 Å². The Bertz CT molecular complexity index is 568. The van der Waals surface area contributed by atoms with Crippen LogP contribution >= 0.6 is 11.6 Å². The molecular formula is C12H12ClN3O2. The van der Waals surface area contributed by atoms with Crippen LogP contribution in [0.25, 0.3) is 0 Å². The third-order valence-corrected chi connectivity index (χ3v) is 2.73. The van der Waals surface area contributed by atoms with Gasteiger partial charge in [-0.05, 0) is 13.0 Å². The van der Waals surface area contributed by atoms with Gasteiger partial charge in [-0.25, -0.2) is 4.98 Å². The number of nitrogens with zero attached hydrogens (tertiary/aromatic N) is 3. The highest BCUT2D eigenvalue weighted by molar-refractivity contribution is 6.29. The van der Waals surface area contributed by atoms with Gasteiger partial charge in [0, 0.05) is 19.2 Å². The molecule has 0 saturated heterocycles. The van der Waals surface area contributed by atoms with Crippen molar-refractivity contribution in [1.82, 2.24) is 14.9 Å². The molecule has 2 heterocycles. The summed E-state index contributed by atoms with van der Waals surface area (Å²) in [5, 5.41) is 0.203. The molecule has 0 atom stereocenters. The molecule has 0 fully saturated rings. The predicted molar refractivity (Wildman–Crippen MR) is 66.3 cm³/mol. The van der Waals surface area contributed by atoms with E-state index in [1.807, 2.05) is 13.0 Å². The van der Waals surface area contributed by atoms with Crippen molar-refractivity contribution in [1.29, 1.82) is 0 Å². The van der Waals surface area contributed by atoms with E-state index in [1.54, 1.807) is 13.3 Å². The second kappa shape index (κ2) is 5.18. The van der Waals surface area contributed by atoms with E-state index in [1.165, 1.54) is 17.3 Å². The number of furan rings is 1. The Morgan fingerprint density at radius 2 is 2.28 bits per heavy atom. The number of carbonyl (C=O) groups excluding carboxylic acids is 1. The van der Waals surface area contributed by atoms with Gasteiger partial charge in [0.25, 0.3) is 5.91 Å². The highest BCUT2D eigenvalue weighted by atomic mass is 35.5. The number of carbonyl (C=O) groups is 1. The van der Waals surface area contributed by atoms with Gasteiger partial charge in [0.05, 0.1) is 18.7 Å². The SMILES string of the molecule is Cc1occc1CN(C)C(=O)c1cncc(Cl)n1. The number of rotatable bonds is 3. The second-order valence-corrected chi connectivity index (χ2v) is 4.28. The first kappa shape index (κ1) is 12.6. The van der Waals surface area contributed by atoms with Crippen LogP contribution in [0, 0.1) is 6.92 Å². The monoisotopic (exact) mass is 265 g/mol. The van der Waals surface area contributed by atoms with Gasteiger partial charge in [0.2, 0.25) is 0 Å². The molecule has 0 saturated carbocycles. The number of halogens is 1. The van der Waals surface area contributed by atoms with Crippen LogP contribution in [0.3, 0.4) is 0 Å². The van der Waals surface area contributed by atoms with Gasteiger partial charge in [-0.1, -0.05) is 11.6 Å². The van der Waals surface area contributed by atoms with Gasteiger partial charge in [-0.3, -0.25) is 9.78 Å². The molecule has 0 spiro atoms. The topological polar surface area (TPSA) is 59.2 Å². The Labute approximate surface area is 109 Å². The summed E-state index contributed by atoms with van der Waals surface area (Å²) in [6.45, 7) is 2.31. The smallest absolute Gasteiger partial charge is 0.274 e. The maximum Gasteiger partial charge on any atom is 0.274 e. The van der Waals surface area contributed by atoms with Gasteiger partial charge in [-0.15, -0.1) is 0 Å². The van der Waals surface area contributed by atoms with E-state index in [9.17, 15) is 4.79 Å².